The summed E-state index contributed by atoms with van der Waals surface area (Å²) >= 11 is 0. The molecule has 3 aromatic rings. The highest BCUT2D eigenvalue weighted by Gasteiger charge is 2.32. The number of nitrogens with one attached hydrogen (secondary N) is 1. The Bertz CT molecular complexity index is 1350. The van der Waals surface area contributed by atoms with Gasteiger partial charge in [-0.3, -0.25) is 4.57 Å². The van der Waals surface area contributed by atoms with Crippen LogP contribution < -0.4 is 11.1 Å². The second-order valence-electron chi connectivity index (χ2n) is 9.13. The van der Waals surface area contributed by atoms with Gasteiger partial charge in [0.1, 0.15) is 0 Å². The number of fused-ring (bicyclic) bond motifs is 1. The molecule has 3 amide bonds. The number of rotatable bonds is 9. The molecule has 37 heavy (non-hydrogen) atoms. The van der Waals surface area contributed by atoms with Crippen molar-refractivity contribution >= 4 is 23.2 Å². The summed E-state index contributed by atoms with van der Waals surface area (Å²) in [6.45, 7) is 1.02. The Hall–Kier alpha value is -4.10. The summed E-state index contributed by atoms with van der Waals surface area (Å²) in [5.74, 6) is -1.05. The number of carboxylic acid groups (broad SMARTS) is 1. The van der Waals surface area contributed by atoms with Crippen LogP contribution in [0.3, 0.4) is 0 Å². The maximum atomic E-state index is 12.6. The van der Waals surface area contributed by atoms with Gasteiger partial charge in [0.25, 0.3) is 0 Å². The van der Waals surface area contributed by atoms with Gasteiger partial charge in [-0.2, -0.15) is 5.26 Å². The first kappa shape index (κ1) is 26.0. The van der Waals surface area contributed by atoms with Crippen molar-refractivity contribution in [3.05, 3.63) is 58.6 Å². The minimum absolute atomic E-state index is 0.0000895. The molecule has 1 saturated carbocycles. The smallest absolute Gasteiger partial charge is 0.419 e. The van der Waals surface area contributed by atoms with E-state index in [1.54, 1.807) is 17.7 Å². The van der Waals surface area contributed by atoms with Crippen LogP contribution in [0.5, 0.6) is 0 Å². The SMILES string of the molecule is COCCCn1c(=O)oc2ccc(-c3ccc(C(C#N)CNC(=O)N(C(=O)O)C4CCCC4)cc3)cc21. The first-order valence-corrected chi connectivity index (χ1v) is 12.3. The van der Waals surface area contributed by atoms with Crippen molar-refractivity contribution in [1.29, 1.82) is 5.26 Å². The molecule has 10 nitrogen and oxygen atoms in total. The third kappa shape index (κ3) is 5.84. The molecule has 194 valence electrons. The number of nitriles is 1. The van der Waals surface area contributed by atoms with E-state index in [9.17, 15) is 24.8 Å². The fraction of sp³-hybridized carbons (Fsp3) is 0.407. The number of oxazole rings is 1. The standard InChI is InChI=1S/C27H30N4O6/c1-36-14-4-13-30-23-15-20(11-12-24(23)37-27(30)35)18-7-9-19(10-8-18)21(16-28)17-29-25(32)31(26(33)34)22-5-2-3-6-22/h7-12,15,21-22H,2-6,13-14,17H2,1H3,(H,29,32)(H,33,34). The second kappa shape index (κ2) is 11.8. The number of benzene rings is 2. The monoisotopic (exact) mass is 506 g/mol. The first-order chi connectivity index (χ1) is 17.9. The molecule has 1 aliphatic carbocycles. The van der Waals surface area contributed by atoms with Crippen LogP contribution in [0.25, 0.3) is 22.2 Å². The van der Waals surface area contributed by atoms with E-state index in [0.29, 0.717) is 49.1 Å². The lowest BCUT2D eigenvalue weighted by Gasteiger charge is -2.24. The molecule has 0 aliphatic heterocycles. The molecule has 1 aromatic heterocycles. The molecule has 2 N–H and O–H groups in total. The fourth-order valence-electron chi connectivity index (χ4n) is 4.81. The van der Waals surface area contributed by atoms with Crippen molar-refractivity contribution in [1.82, 2.24) is 14.8 Å². The van der Waals surface area contributed by atoms with E-state index in [2.05, 4.69) is 11.4 Å². The van der Waals surface area contributed by atoms with Crippen LogP contribution in [0.15, 0.2) is 51.7 Å². The highest BCUT2D eigenvalue weighted by Crippen LogP contribution is 2.27. The van der Waals surface area contributed by atoms with Gasteiger partial charge in [-0.1, -0.05) is 43.2 Å². The number of hydrogen-bond acceptors (Lipinski definition) is 6. The summed E-state index contributed by atoms with van der Waals surface area (Å²) < 4.78 is 12.0. The molecular weight excluding hydrogens is 476 g/mol. The Morgan fingerprint density at radius 3 is 2.57 bits per heavy atom. The molecule has 4 rings (SSSR count). The van der Waals surface area contributed by atoms with E-state index in [4.69, 9.17) is 9.15 Å². The van der Waals surface area contributed by atoms with Crippen molar-refractivity contribution in [3.63, 3.8) is 0 Å². The Morgan fingerprint density at radius 2 is 1.92 bits per heavy atom. The number of nitrogens with zero attached hydrogens (tertiary/aromatic N) is 3. The Balaban J connectivity index is 1.46. The number of carbonyl (C=O) groups is 2. The molecule has 1 heterocycles. The maximum Gasteiger partial charge on any atom is 0.419 e. The van der Waals surface area contributed by atoms with Crippen molar-refractivity contribution in [3.8, 4) is 17.2 Å². The van der Waals surface area contributed by atoms with Gasteiger partial charge in [-0.05, 0) is 48.1 Å². The lowest BCUT2D eigenvalue weighted by atomic mass is 9.97. The van der Waals surface area contributed by atoms with Gasteiger partial charge >= 0.3 is 17.9 Å². The van der Waals surface area contributed by atoms with Crippen molar-refractivity contribution < 1.29 is 23.8 Å². The highest BCUT2D eigenvalue weighted by molar-refractivity contribution is 5.90. The summed E-state index contributed by atoms with van der Waals surface area (Å²) in [7, 11) is 1.62. The van der Waals surface area contributed by atoms with Gasteiger partial charge in [-0.15, -0.1) is 0 Å². The summed E-state index contributed by atoms with van der Waals surface area (Å²) in [6.07, 6.45) is 2.53. The molecule has 1 unspecified atom stereocenters. The zero-order valence-electron chi connectivity index (χ0n) is 20.7. The number of urea groups is 1. The molecule has 1 atom stereocenters. The number of aryl methyl sites for hydroxylation is 1. The predicted octanol–water partition coefficient (Wildman–Crippen LogP) is 4.54. The highest BCUT2D eigenvalue weighted by atomic mass is 16.5. The zero-order chi connectivity index (χ0) is 26.4. The Morgan fingerprint density at radius 1 is 1.22 bits per heavy atom. The molecule has 1 fully saturated rings. The van der Waals surface area contributed by atoms with Gasteiger partial charge < -0.3 is 19.6 Å². The largest absolute Gasteiger partial charge is 0.465 e. The van der Waals surface area contributed by atoms with Crippen LogP contribution in [-0.4, -0.2) is 53.0 Å². The van der Waals surface area contributed by atoms with E-state index in [1.165, 1.54) is 0 Å². The van der Waals surface area contributed by atoms with Crippen molar-refractivity contribution in [2.24, 2.45) is 0 Å². The number of imide groups is 1. The maximum absolute atomic E-state index is 12.6. The molecule has 2 aromatic carbocycles. The second-order valence-corrected chi connectivity index (χ2v) is 9.13. The van der Waals surface area contributed by atoms with Gasteiger partial charge in [-0.25, -0.2) is 19.3 Å². The van der Waals surface area contributed by atoms with E-state index >= 15 is 0 Å². The summed E-state index contributed by atoms with van der Waals surface area (Å²) in [5.41, 5.74) is 3.69. The Labute approximate surface area is 214 Å². The van der Waals surface area contributed by atoms with Crippen LogP contribution in [0, 0.1) is 11.3 Å². The van der Waals surface area contributed by atoms with Gasteiger partial charge in [0.2, 0.25) is 0 Å². The third-order valence-electron chi connectivity index (χ3n) is 6.77. The number of ether oxygens (including phenoxy) is 1. The van der Waals surface area contributed by atoms with Crippen LogP contribution in [0.1, 0.15) is 43.6 Å². The van der Waals surface area contributed by atoms with Gasteiger partial charge in [0.05, 0.1) is 17.5 Å². The summed E-state index contributed by atoms with van der Waals surface area (Å²) in [4.78, 5) is 37.3. The fourth-order valence-corrected chi connectivity index (χ4v) is 4.81. The number of hydrogen-bond donors (Lipinski definition) is 2. The third-order valence-corrected chi connectivity index (χ3v) is 6.77. The number of aromatic nitrogens is 1. The van der Waals surface area contributed by atoms with E-state index < -0.39 is 23.8 Å². The minimum atomic E-state index is -1.28. The van der Waals surface area contributed by atoms with E-state index in [0.717, 1.165) is 28.9 Å². The molecule has 0 spiro atoms. The Kier molecular flexibility index (Phi) is 8.25. The van der Waals surface area contributed by atoms with Crippen LogP contribution >= 0.6 is 0 Å². The summed E-state index contributed by atoms with van der Waals surface area (Å²) in [5, 5.41) is 21.8. The van der Waals surface area contributed by atoms with Crippen LogP contribution in [0.2, 0.25) is 0 Å². The molecule has 10 heteroatoms. The lowest BCUT2D eigenvalue weighted by Crippen LogP contribution is -2.48. The number of methoxy groups -OCH3 is 1. The van der Waals surface area contributed by atoms with Gasteiger partial charge in [0, 0.05) is 32.8 Å². The summed E-state index contributed by atoms with van der Waals surface area (Å²) in [6, 6.07) is 14.1. The lowest BCUT2D eigenvalue weighted by molar-refractivity contribution is 0.132. The first-order valence-electron chi connectivity index (χ1n) is 12.3. The topological polar surface area (TPSA) is 138 Å². The average molecular weight is 507 g/mol. The minimum Gasteiger partial charge on any atom is -0.465 e. The molecule has 0 saturated heterocycles. The normalized spacial score (nSPS) is 14.4. The number of carbonyl (C=O) groups excluding carboxylic acids is 1. The van der Waals surface area contributed by atoms with Gasteiger partial charge in [0.15, 0.2) is 5.58 Å². The van der Waals surface area contributed by atoms with Crippen molar-refractivity contribution in [2.45, 2.75) is 50.6 Å². The zero-order valence-corrected chi connectivity index (χ0v) is 20.7. The van der Waals surface area contributed by atoms with Crippen LogP contribution in [-0.2, 0) is 11.3 Å². The van der Waals surface area contributed by atoms with Crippen LogP contribution in [0.4, 0.5) is 9.59 Å². The molecule has 0 bridgehead atoms. The van der Waals surface area contributed by atoms with Crippen molar-refractivity contribution in [2.75, 3.05) is 20.3 Å². The number of amides is 3. The van der Waals surface area contributed by atoms with E-state index in [1.807, 2.05) is 36.4 Å². The average Bonchev–Trinajstić information content (AvgIpc) is 3.52. The quantitative estimate of drug-likeness (QED) is 0.406. The molecule has 0 radical (unpaired) electrons. The molecular formula is C27H30N4O6. The predicted molar refractivity (Wildman–Crippen MR) is 136 cm³/mol. The molecule has 1 aliphatic rings. The van der Waals surface area contributed by atoms with E-state index in [-0.39, 0.29) is 12.6 Å².